The molecule has 2 aromatic carbocycles. The van der Waals surface area contributed by atoms with Crippen LogP contribution in [0.2, 0.25) is 0 Å². The second-order valence-corrected chi connectivity index (χ2v) is 4.60. The molecular weight excluding hydrogens is 276 g/mol. The van der Waals surface area contributed by atoms with Crippen molar-refractivity contribution in [2.24, 2.45) is 0 Å². The Kier molecular flexibility index (Phi) is 4.87. The molecule has 0 atom stereocenters. The molecule has 3 nitrogen and oxygen atoms in total. The highest BCUT2D eigenvalue weighted by molar-refractivity contribution is 5.77. The predicted octanol–water partition coefficient (Wildman–Crippen LogP) is 2.97. The van der Waals surface area contributed by atoms with Gasteiger partial charge in [-0.2, -0.15) is 0 Å². The van der Waals surface area contributed by atoms with E-state index in [0.29, 0.717) is 17.9 Å². The van der Waals surface area contributed by atoms with E-state index in [-0.39, 0.29) is 24.1 Å². The van der Waals surface area contributed by atoms with Gasteiger partial charge in [0.2, 0.25) is 0 Å². The van der Waals surface area contributed by atoms with Crippen LogP contribution in [0.15, 0.2) is 42.5 Å². The van der Waals surface area contributed by atoms with E-state index in [1.54, 1.807) is 19.1 Å². The van der Waals surface area contributed by atoms with Crippen molar-refractivity contribution < 1.29 is 18.3 Å². The number of halogens is 2. The number of ether oxygens (including phenoxy) is 1. The summed E-state index contributed by atoms with van der Waals surface area (Å²) in [5.74, 6) is -0.520. The van der Waals surface area contributed by atoms with Gasteiger partial charge in [-0.05, 0) is 48.4 Å². The lowest BCUT2D eigenvalue weighted by Gasteiger charge is -2.08. The predicted molar refractivity (Wildman–Crippen MR) is 74.9 cm³/mol. The van der Waals surface area contributed by atoms with Crippen molar-refractivity contribution in [1.29, 1.82) is 0 Å². The number of rotatable bonds is 5. The SMILES string of the molecule is Cc1cc(CNC(=O)COc2ccc(F)cc2)ccc1F. The molecule has 0 spiro atoms. The molecule has 21 heavy (non-hydrogen) atoms. The van der Waals surface area contributed by atoms with Crippen LogP contribution in [0.25, 0.3) is 0 Å². The molecule has 0 saturated carbocycles. The third-order valence-electron chi connectivity index (χ3n) is 2.90. The summed E-state index contributed by atoms with van der Waals surface area (Å²) in [5, 5.41) is 2.67. The largest absolute Gasteiger partial charge is 0.484 e. The molecule has 110 valence electrons. The van der Waals surface area contributed by atoms with Gasteiger partial charge in [-0.15, -0.1) is 0 Å². The molecule has 5 heteroatoms. The van der Waals surface area contributed by atoms with Crippen molar-refractivity contribution in [3.8, 4) is 5.75 Å². The summed E-state index contributed by atoms with van der Waals surface area (Å²) < 4.78 is 31.0. The van der Waals surface area contributed by atoms with Crippen LogP contribution in [-0.4, -0.2) is 12.5 Å². The molecule has 2 aromatic rings. The van der Waals surface area contributed by atoms with Crippen molar-refractivity contribution >= 4 is 5.91 Å². The zero-order valence-corrected chi connectivity index (χ0v) is 11.5. The van der Waals surface area contributed by atoms with Crippen molar-refractivity contribution in [3.63, 3.8) is 0 Å². The summed E-state index contributed by atoms with van der Waals surface area (Å²) in [6.45, 7) is 1.80. The molecule has 0 aromatic heterocycles. The van der Waals surface area contributed by atoms with E-state index in [4.69, 9.17) is 4.74 Å². The van der Waals surface area contributed by atoms with Crippen LogP contribution >= 0.6 is 0 Å². The van der Waals surface area contributed by atoms with Gasteiger partial charge in [0.1, 0.15) is 17.4 Å². The third-order valence-corrected chi connectivity index (χ3v) is 2.90. The van der Waals surface area contributed by atoms with E-state index >= 15 is 0 Å². The van der Waals surface area contributed by atoms with Gasteiger partial charge in [0.15, 0.2) is 6.61 Å². The van der Waals surface area contributed by atoms with Crippen molar-refractivity contribution in [2.45, 2.75) is 13.5 Å². The van der Waals surface area contributed by atoms with Gasteiger partial charge >= 0.3 is 0 Å². The average molecular weight is 291 g/mol. The quantitative estimate of drug-likeness (QED) is 0.919. The summed E-state index contributed by atoms with van der Waals surface area (Å²) in [6, 6.07) is 10.1. The Morgan fingerprint density at radius 1 is 1.14 bits per heavy atom. The standard InChI is InChI=1S/C16H15F2NO2/c1-11-8-12(2-7-15(11)18)9-19-16(20)10-21-14-5-3-13(17)4-6-14/h2-8H,9-10H2,1H3,(H,19,20). The van der Waals surface area contributed by atoms with Crippen LogP contribution in [0.1, 0.15) is 11.1 Å². The second kappa shape index (κ2) is 6.83. The highest BCUT2D eigenvalue weighted by Crippen LogP contribution is 2.11. The summed E-state index contributed by atoms with van der Waals surface area (Å²) >= 11 is 0. The van der Waals surface area contributed by atoms with Gasteiger partial charge in [0, 0.05) is 6.54 Å². The minimum absolute atomic E-state index is 0.161. The number of amides is 1. The van der Waals surface area contributed by atoms with E-state index in [9.17, 15) is 13.6 Å². The zero-order chi connectivity index (χ0) is 15.2. The number of hydrogen-bond donors (Lipinski definition) is 1. The number of hydrogen-bond acceptors (Lipinski definition) is 2. The van der Waals surface area contributed by atoms with E-state index in [2.05, 4.69) is 5.32 Å². The molecule has 0 fully saturated rings. The topological polar surface area (TPSA) is 38.3 Å². The molecule has 0 heterocycles. The molecule has 1 N–H and O–H groups in total. The van der Waals surface area contributed by atoms with E-state index in [1.165, 1.54) is 30.3 Å². The molecule has 0 radical (unpaired) electrons. The van der Waals surface area contributed by atoms with E-state index < -0.39 is 0 Å². The maximum atomic E-state index is 13.1. The smallest absolute Gasteiger partial charge is 0.258 e. The van der Waals surface area contributed by atoms with Crippen LogP contribution < -0.4 is 10.1 Å². The van der Waals surface area contributed by atoms with Gasteiger partial charge in [-0.3, -0.25) is 4.79 Å². The molecule has 0 aliphatic heterocycles. The summed E-state index contributed by atoms with van der Waals surface area (Å²) in [5.41, 5.74) is 1.34. The van der Waals surface area contributed by atoms with Gasteiger partial charge in [0.05, 0.1) is 0 Å². The Hall–Kier alpha value is -2.43. The Bertz CT molecular complexity index is 627. The Morgan fingerprint density at radius 2 is 1.86 bits per heavy atom. The maximum absolute atomic E-state index is 13.1. The highest BCUT2D eigenvalue weighted by Gasteiger charge is 2.04. The summed E-state index contributed by atoms with van der Waals surface area (Å²) in [4.78, 5) is 11.6. The third kappa shape index (κ3) is 4.56. The number of carbonyl (C=O) groups excluding carboxylic acids is 1. The Labute approximate surface area is 121 Å². The normalized spacial score (nSPS) is 10.2. The first kappa shape index (κ1) is 15.0. The molecular formula is C16H15F2NO2. The fourth-order valence-corrected chi connectivity index (χ4v) is 1.75. The molecule has 1 amide bonds. The monoisotopic (exact) mass is 291 g/mol. The number of aryl methyl sites for hydroxylation is 1. The van der Waals surface area contributed by atoms with Crippen LogP contribution in [-0.2, 0) is 11.3 Å². The molecule has 0 unspecified atom stereocenters. The van der Waals surface area contributed by atoms with Gasteiger partial charge < -0.3 is 10.1 Å². The van der Waals surface area contributed by atoms with Crippen LogP contribution in [0.4, 0.5) is 8.78 Å². The highest BCUT2D eigenvalue weighted by atomic mass is 19.1. The molecule has 0 saturated heterocycles. The molecule has 2 rings (SSSR count). The van der Waals surface area contributed by atoms with E-state index in [1.807, 2.05) is 0 Å². The second-order valence-electron chi connectivity index (χ2n) is 4.60. The first-order chi connectivity index (χ1) is 10.0. The first-order valence-corrected chi connectivity index (χ1v) is 6.44. The van der Waals surface area contributed by atoms with Crippen LogP contribution in [0.5, 0.6) is 5.75 Å². The fraction of sp³-hybridized carbons (Fsp3) is 0.188. The maximum Gasteiger partial charge on any atom is 0.258 e. The summed E-state index contributed by atoms with van der Waals surface area (Å²) in [7, 11) is 0. The lowest BCUT2D eigenvalue weighted by molar-refractivity contribution is -0.123. The summed E-state index contributed by atoms with van der Waals surface area (Å²) in [6.07, 6.45) is 0. The van der Waals surface area contributed by atoms with Gasteiger partial charge in [-0.25, -0.2) is 8.78 Å². The van der Waals surface area contributed by atoms with Crippen molar-refractivity contribution in [2.75, 3.05) is 6.61 Å². The first-order valence-electron chi connectivity index (χ1n) is 6.44. The molecule has 0 aliphatic carbocycles. The Balaban J connectivity index is 1.79. The number of nitrogens with one attached hydrogen (secondary N) is 1. The van der Waals surface area contributed by atoms with Crippen LogP contribution in [0.3, 0.4) is 0 Å². The lowest BCUT2D eigenvalue weighted by atomic mass is 10.1. The van der Waals surface area contributed by atoms with Gasteiger partial charge in [0.25, 0.3) is 5.91 Å². The molecule has 0 aliphatic rings. The minimum atomic E-state index is -0.363. The Morgan fingerprint density at radius 3 is 2.52 bits per heavy atom. The molecule has 0 bridgehead atoms. The average Bonchev–Trinajstić information content (AvgIpc) is 2.48. The lowest BCUT2D eigenvalue weighted by Crippen LogP contribution is -2.28. The zero-order valence-electron chi connectivity index (χ0n) is 11.5. The van der Waals surface area contributed by atoms with E-state index in [0.717, 1.165) is 5.56 Å². The number of carbonyl (C=O) groups is 1. The minimum Gasteiger partial charge on any atom is -0.484 e. The number of benzene rings is 2. The van der Waals surface area contributed by atoms with Crippen LogP contribution in [0, 0.1) is 18.6 Å². The van der Waals surface area contributed by atoms with Gasteiger partial charge in [-0.1, -0.05) is 12.1 Å². The van der Waals surface area contributed by atoms with Crippen molar-refractivity contribution in [1.82, 2.24) is 5.32 Å². The van der Waals surface area contributed by atoms with Crippen molar-refractivity contribution in [3.05, 3.63) is 65.2 Å². The fourth-order valence-electron chi connectivity index (χ4n) is 1.75.